The van der Waals surface area contributed by atoms with Gasteiger partial charge in [0.25, 0.3) is 11.8 Å². The molecule has 1 aliphatic heterocycles. The van der Waals surface area contributed by atoms with Gasteiger partial charge in [-0.2, -0.15) is 0 Å². The van der Waals surface area contributed by atoms with Crippen molar-refractivity contribution in [3.63, 3.8) is 0 Å². The first-order valence-electron chi connectivity index (χ1n) is 9.55. The molecule has 4 nitrogen and oxygen atoms in total. The Morgan fingerprint density at radius 3 is 2.12 bits per heavy atom. The minimum absolute atomic E-state index is 0.0165. The number of imide groups is 1. The number of aryl methyl sites for hydroxylation is 2. The number of nitrogens with one attached hydrogen (secondary N) is 1. The lowest BCUT2D eigenvalue weighted by Gasteiger charge is -2.16. The molecule has 8 heteroatoms. The molecule has 0 bridgehead atoms. The van der Waals surface area contributed by atoms with Crippen molar-refractivity contribution in [3.05, 3.63) is 100 Å². The van der Waals surface area contributed by atoms with E-state index in [1.54, 1.807) is 18.2 Å². The lowest BCUT2D eigenvalue weighted by Crippen LogP contribution is -2.33. The van der Waals surface area contributed by atoms with Crippen molar-refractivity contribution in [2.24, 2.45) is 0 Å². The fraction of sp³-hybridized carbons (Fsp3) is 0.0833. The van der Waals surface area contributed by atoms with Crippen LogP contribution in [0.15, 0.2) is 60.3 Å². The Morgan fingerprint density at radius 2 is 1.47 bits per heavy atom. The zero-order valence-corrected chi connectivity index (χ0v) is 17.0. The highest BCUT2D eigenvalue weighted by Gasteiger charge is 2.41. The molecule has 4 rings (SSSR count). The summed E-state index contributed by atoms with van der Waals surface area (Å²) in [5.41, 5.74) is 1.44. The van der Waals surface area contributed by atoms with Crippen LogP contribution in [0.25, 0.3) is 5.57 Å². The van der Waals surface area contributed by atoms with Crippen molar-refractivity contribution in [2.75, 3.05) is 10.2 Å². The summed E-state index contributed by atoms with van der Waals surface area (Å²) in [5, 5.41) is 2.67. The van der Waals surface area contributed by atoms with Gasteiger partial charge in [0.05, 0.1) is 11.3 Å². The highest BCUT2D eigenvalue weighted by molar-refractivity contribution is 6.46. The summed E-state index contributed by atoms with van der Waals surface area (Å²) in [5.74, 6) is -5.95. The molecule has 3 aromatic rings. The van der Waals surface area contributed by atoms with E-state index in [4.69, 9.17) is 0 Å². The molecule has 1 aliphatic rings. The molecule has 0 radical (unpaired) electrons. The van der Waals surface area contributed by atoms with Crippen LogP contribution in [0.4, 0.5) is 28.9 Å². The van der Waals surface area contributed by atoms with Gasteiger partial charge in [-0.15, -0.1) is 0 Å². The van der Waals surface area contributed by atoms with E-state index < -0.39 is 40.8 Å². The summed E-state index contributed by atoms with van der Waals surface area (Å²) in [4.78, 5) is 27.1. The summed E-state index contributed by atoms with van der Waals surface area (Å²) in [6.45, 7) is 3.69. The Balaban J connectivity index is 1.87. The fourth-order valence-corrected chi connectivity index (χ4v) is 3.41. The molecule has 0 saturated heterocycles. The fourth-order valence-electron chi connectivity index (χ4n) is 3.41. The third-order valence-electron chi connectivity index (χ3n) is 5.22. The summed E-state index contributed by atoms with van der Waals surface area (Å²) < 4.78 is 54.8. The van der Waals surface area contributed by atoms with Crippen LogP contribution >= 0.6 is 0 Å². The van der Waals surface area contributed by atoms with Crippen molar-refractivity contribution in [1.29, 1.82) is 0 Å². The number of hydrogen-bond donors (Lipinski definition) is 1. The van der Waals surface area contributed by atoms with Gasteiger partial charge >= 0.3 is 0 Å². The van der Waals surface area contributed by atoms with Gasteiger partial charge in [0.2, 0.25) is 0 Å². The normalized spacial score (nSPS) is 13.9. The largest absolute Gasteiger partial charge is 0.350 e. The van der Waals surface area contributed by atoms with E-state index in [2.05, 4.69) is 5.32 Å². The number of nitrogens with zero attached hydrogens (tertiary/aromatic N) is 1. The summed E-state index contributed by atoms with van der Waals surface area (Å²) in [7, 11) is 0. The monoisotopic (exact) mass is 440 g/mol. The number of hydrogen-bond acceptors (Lipinski definition) is 3. The van der Waals surface area contributed by atoms with E-state index in [0.29, 0.717) is 16.5 Å². The first-order valence-corrected chi connectivity index (χ1v) is 9.55. The number of benzene rings is 3. The zero-order valence-electron chi connectivity index (χ0n) is 17.0. The molecule has 0 fully saturated rings. The summed E-state index contributed by atoms with van der Waals surface area (Å²) in [6, 6.07) is 10.4. The second-order valence-corrected chi connectivity index (χ2v) is 7.34. The maximum atomic E-state index is 14.4. The van der Waals surface area contributed by atoms with Crippen LogP contribution in [0.2, 0.25) is 0 Å². The molecular weight excluding hydrogens is 424 g/mol. The van der Waals surface area contributed by atoms with Crippen molar-refractivity contribution < 1.29 is 27.2 Å². The topological polar surface area (TPSA) is 49.4 Å². The third kappa shape index (κ3) is 3.64. The van der Waals surface area contributed by atoms with Gasteiger partial charge in [-0.05, 0) is 54.8 Å². The number of rotatable bonds is 4. The predicted octanol–water partition coefficient (Wildman–Crippen LogP) is 5.26. The predicted molar refractivity (Wildman–Crippen MR) is 112 cm³/mol. The molecule has 3 aromatic carbocycles. The molecule has 0 atom stereocenters. The molecule has 2 amide bonds. The average molecular weight is 440 g/mol. The van der Waals surface area contributed by atoms with Gasteiger partial charge in [0, 0.05) is 17.8 Å². The first kappa shape index (κ1) is 21.3. The summed E-state index contributed by atoms with van der Waals surface area (Å²) in [6.07, 6.45) is 0. The summed E-state index contributed by atoms with van der Waals surface area (Å²) >= 11 is 0. The van der Waals surface area contributed by atoms with Gasteiger partial charge in [-0.1, -0.05) is 18.2 Å². The molecule has 0 spiro atoms. The maximum absolute atomic E-state index is 14.4. The number of halogens is 4. The Bertz CT molecular complexity index is 1320. The molecule has 0 unspecified atom stereocenters. The van der Waals surface area contributed by atoms with E-state index in [0.717, 1.165) is 35.4 Å². The smallest absolute Gasteiger partial charge is 0.282 e. The molecule has 162 valence electrons. The minimum Gasteiger partial charge on any atom is -0.350 e. The Hall–Kier alpha value is -3.94. The Labute approximate surface area is 180 Å². The highest BCUT2D eigenvalue weighted by atomic mass is 19.2. The van der Waals surface area contributed by atoms with Gasteiger partial charge in [-0.25, -0.2) is 22.5 Å². The molecule has 0 aromatic heterocycles. The average Bonchev–Trinajstić information content (AvgIpc) is 2.97. The van der Waals surface area contributed by atoms with E-state index in [1.165, 1.54) is 6.07 Å². The molecule has 32 heavy (non-hydrogen) atoms. The van der Waals surface area contributed by atoms with Crippen molar-refractivity contribution >= 4 is 28.8 Å². The standard InChI is InChI=1S/C24H16F4N2O2/c1-12-3-4-14(9-13(12)2)21-22(29-16-6-7-17(26)18(27)11-16)24(32)30(23(21)31)20-8-5-15(25)10-19(20)28/h3-11,29H,1-2H3. The molecule has 0 saturated carbocycles. The molecular formula is C24H16F4N2O2. The van der Waals surface area contributed by atoms with Gasteiger partial charge in [-0.3, -0.25) is 9.59 Å². The van der Waals surface area contributed by atoms with Crippen LogP contribution in [-0.2, 0) is 9.59 Å². The SMILES string of the molecule is Cc1ccc(C2=C(Nc3ccc(F)c(F)c3)C(=O)N(c3ccc(F)cc3F)C2=O)cc1C. The lowest BCUT2D eigenvalue weighted by molar-refractivity contribution is -0.120. The van der Waals surface area contributed by atoms with Crippen LogP contribution in [0.3, 0.4) is 0 Å². The second kappa shape index (κ2) is 7.96. The van der Waals surface area contributed by atoms with E-state index in [9.17, 15) is 27.2 Å². The Morgan fingerprint density at radius 1 is 0.719 bits per heavy atom. The van der Waals surface area contributed by atoms with E-state index in [1.807, 2.05) is 13.8 Å². The van der Waals surface area contributed by atoms with Crippen molar-refractivity contribution in [3.8, 4) is 0 Å². The van der Waals surface area contributed by atoms with Crippen LogP contribution in [0.5, 0.6) is 0 Å². The number of carbonyl (C=O) groups excluding carboxylic acids is 2. The van der Waals surface area contributed by atoms with Gasteiger partial charge in [0.15, 0.2) is 11.6 Å². The first-order chi connectivity index (χ1) is 15.2. The van der Waals surface area contributed by atoms with Crippen LogP contribution in [0, 0.1) is 37.1 Å². The van der Waals surface area contributed by atoms with Crippen molar-refractivity contribution in [2.45, 2.75) is 13.8 Å². The molecule has 1 N–H and O–H groups in total. The minimum atomic E-state index is -1.15. The van der Waals surface area contributed by atoms with Crippen LogP contribution in [0.1, 0.15) is 16.7 Å². The highest BCUT2D eigenvalue weighted by Crippen LogP contribution is 2.35. The number of anilines is 2. The van der Waals surface area contributed by atoms with Crippen LogP contribution < -0.4 is 10.2 Å². The molecule has 0 aliphatic carbocycles. The molecule has 1 heterocycles. The third-order valence-corrected chi connectivity index (χ3v) is 5.22. The van der Waals surface area contributed by atoms with Crippen molar-refractivity contribution in [1.82, 2.24) is 0 Å². The van der Waals surface area contributed by atoms with E-state index in [-0.39, 0.29) is 17.0 Å². The maximum Gasteiger partial charge on any atom is 0.282 e. The Kier molecular flexibility index (Phi) is 5.30. The quantitative estimate of drug-likeness (QED) is 0.445. The zero-order chi connectivity index (χ0) is 23.2. The number of carbonyl (C=O) groups is 2. The van der Waals surface area contributed by atoms with Gasteiger partial charge < -0.3 is 5.32 Å². The van der Waals surface area contributed by atoms with E-state index >= 15 is 0 Å². The second-order valence-electron chi connectivity index (χ2n) is 7.34. The van der Waals surface area contributed by atoms with Gasteiger partial charge in [0.1, 0.15) is 17.3 Å². The van der Waals surface area contributed by atoms with Crippen LogP contribution in [-0.4, -0.2) is 11.8 Å². The number of amides is 2. The lowest BCUT2D eigenvalue weighted by atomic mass is 9.99.